The Kier molecular flexibility index (Phi) is 6.30. The van der Waals surface area contributed by atoms with Crippen molar-refractivity contribution in [1.29, 1.82) is 0 Å². The summed E-state index contributed by atoms with van der Waals surface area (Å²) < 4.78 is 7.60. The van der Waals surface area contributed by atoms with Crippen molar-refractivity contribution >= 4 is 29.2 Å². The molecule has 1 N–H and O–H groups in total. The van der Waals surface area contributed by atoms with Gasteiger partial charge in [0.2, 0.25) is 5.95 Å². The van der Waals surface area contributed by atoms with Crippen LogP contribution in [0.4, 0.5) is 5.95 Å². The number of nitrogens with one attached hydrogen (secondary N) is 1. The summed E-state index contributed by atoms with van der Waals surface area (Å²) >= 11 is 12.1. The van der Waals surface area contributed by atoms with Crippen molar-refractivity contribution < 1.29 is 4.74 Å². The van der Waals surface area contributed by atoms with E-state index in [9.17, 15) is 0 Å². The number of aromatic nitrogens is 4. The molecule has 136 valence electrons. The molecule has 0 fully saturated rings. The number of benzene rings is 2. The van der Waals surface area contributed by atoms with E-state index in [4.69, 9.17) is 27.9 Å². The Labute approximate surface area is 162 Å². The zero-order chi connectivity index (χ0) is 18.4. The number of hydrogen-bond donors (Lipinski definition) is 1. The van der Waals surface area contributed by atoms with Crippen molar-refractivity contribution in [2.24, 2.45) is 0 Å². The van der Waals surface area contributed by atoms with E-state index >= 15 is 0 Å². The van der Waals surface area contributed by atoms with Crippen LogP contribution in [0.25, 0.3) is 0 Å². The van der Waals surface area contributed by atoms with Gasteiger partial charge < -0.3 is 10.1 Å². The minimum absolute atomic E-state index is 0.377. The highest BCUT2D eigenvalue weighted by atomic mass is 35.5. The molecule has 1 heterocycles. The lowest BCUT2D eigenvalue weighted by molar-refractivity contribution is 0.306. The van der Waals surface area contributed by atoms with Crippen molar-refractivity contribution in [1.82, 2.24) is 20.2 Å². The third kappa shape index (κ3) is 4.86. The Bertz CT molecular complexity index is 868. The van der Waals surface area contributed by atoms with E-state index in [0.717, 1.165) is 29.8 Å². The first-order valence-corrected chi connectivity index (χ1v) is 9.07. The predicted molar refractivity (Wildman–Crippen MR) is 103 cm³/mol. The lowest BCUT2D eigenvalue weighted by atomic mass is 10.2. The van der Waals surface area contributed by atoms with Crippen molar-refractivity contribution in [3.8, 4) is 5.75 Å². The zero-order valence-corrected chi connectivity index (χ0v) is 15.8. The molecule has 0 aliphatic heterocycles. The molecule has 2 aromatic carbocycles. The highest BCUT2D eigenvalue weighted by molar-refractivity contribution is 6.35. The summed E-state index contributed by atoms with van der Waals surface area (Å²) in [4.78, 5) is 0. The molecule has 8 heteroatoms. The molecule has 0 unspecified atom stereocenters. The highest BCUT2D eigenvalue weighted by Gasteiger charge is 2.06. The normalized spacial score (nSPS) is 10.7. The van der Waals surface area contributed by atoms with E-state index in [2.05, 4.69) is 27.8 Å². The number of hydrogen-bond acceptors (Lipinski definition) is 5. The SMILES string of the molecule is CCCn1nnnc1NCc1cccc(OCc2ccc(Cl)cc2Cl)c1. The maximum atomic E-state index is 6.18. The first-order valence-electron chi connectivity index (χ1n) is 8.31. The molecule has 0 amide bonds. The molecule has 0 radical (unpaired) electrons. The Morgan fingerprint density at radius 1 is 1.15 bits per heavy atom. The third-order valence-corrected chi connectivity index (χ3v) is 4.31. The summed E-state index contributed by atoms with van der Waals surface area (Å²) in [7, 11) is 0. The Hall–Kier alpha value is -2.31. The van der Waals surface area contributed by atoms with Gasteiger partial charge in [-0.1, -0.05) is 53.4 Å². The number of rotatable bonds is 8. The van der Waals surface area contributed by atoms with Gasteiger partial charge in [0.25, 0.3) is 0 Å². The smallest absolute Gasteiger partial charge is 0.243 e. The maximum absolute atomic E-state index is 6.18. The Morgan fingerprint density at radius 2 is 2.04 bits per heavy atom. The largest absolute Gasteiger partial charge is 0.489 e. The molecule has 0 aliphatic carbocycles. The van der Waals surface area contributed by atoms with Crippen LogP contribution in [0.5, 0.6) is 5.75 Å². The van der Waals surface area contributed by atoms with Gasteiger partial charge in [-0.05, 0) is 46.7 Å². The molecular formula is C18H19Cl2N5O. The zero-order valence-electron chi connectivity index (χ0n) is 14.3. The van der Waals surface area contributed by atoms with Crippen LogP contribution in [0.1, 0.15) is 24.5 Å². The summed E-state index contributed by atoms with van der Waals surface area (Å²) in [6.07, 6.45) is 0.969. The number of anilines is 1. The molecule has 0 saturated heterocycles. The molecule has 1 aromatic heterocycles. The number of aryl methyl sites for hydroxylation is 1. The van der Waals surface area contributed by atoms with E-state index in [-0.39, 0.29) is 0 Å². The van der Waals surface area contributed by atoms with Crippen LogP contribution in [0.2, 0.25) is 10.0 Å². The summed E-state index contributed by atoms with van der Waals surface area (Å²) in [6, 6.07) is 13.2. The van der Waals surface area contributed by atoms with Crippen molar-refractivity contribution in [3.63, 3.8) is 0 Å². The fraction of sp³-hybridized carbons (Fsp3) is 0.278. The third-order valence-electron chi connectivity index (χ3n) is 3.73. The molecular weight excluding hydrogens is 373 g/mol. The van der Waals surface area contributed by atoms with Crippen LogP contribution in [-0.4, -0.2) is 20.2 Å². The van der Waals surface area contributed by atoms with Crippen LogP contribution >= 0.6 is 23.2 Å². The first kappa shape index (κ1) is 18.5. The lowest BCUT2D eigenvalue weighted by Crippen LogP contribution is -2.08. The van der Waals surface area contributed by atoms with Crippen molar-refractivity contribution in [3.05, 3.63) is 63.6 Å². The van der Waals surface area contributed by atoms with Crippen molar-refractivity contribution in [2.45, 2.75) is 33.0 Å². The Balaban J connectivity index is 1.60. The van der Waals surface area contributed by atoms with Gasteiger partial charge in [0.1, 0.15) is 12.4 Å². The summed E-state index contributed by atoms with van der Waals surface area (Å²) in [5, 5.41) is 16.1. The Morgan fingerprint density at radius 3 is 2.85 bits per heavy atom. The predicted octanol–water partition coefficient (Wildman–Crippen LogP) is 4.58. The van der Waals surface area contributed by atoms with E-state index in [1.54, 1.807) is 16.8 Å². The first-order chi connectivity index (χ1) is 12.7. The van der Waals surface area contributed by atoms with Crippen LogP contribution < -0.4 is 10.1 Å². The van der Waals surface area contributed by atoms with Gasteiger partial charge in [-0.3, -0.25) is 0 Å². The summed E-state index contributed by atoms with van der Waals surface area (Å²) in [5.41, 5.74) is 1.95. The lowest BCUT2D eigenvalue weighted by Gasteiger charge is -2.10. The van der Waals surface area contributed by atoms with Gasteiger partial charge in [0.15, 0.2) is 0 Å². The van der Waals surface area contributed by atoms with Gasteiger partial charge in [-0.2, -0.15) is 0 Å². The van der Waals surface area contributed by atoms with Gasteiger partial charge in [0.05, 0.1) is 0 Å². The second kappa shape index (κ2) is 8.87. The minimum Gasteiger partial charge on any atom is -0.489 e. The molecule has 0 saturated carbocycles. The maximum Gasteiger partial charge on any atom is 0.243 e. The van der Waals surface area contributed by atoms with Crippen LogP contribution in [0, 0.1) is 0 Å². The molecule has 6 nitrogen and oxygen atoms in total. The standard InChI is InChI=1S/C18H19Cl2N5O/c1-2-8-25-18(22-23-24-25)21-11-13-4-3-5-16(9-13)26-12-14-6-7-15(19)10-17(14)20/h3-7,9-10H,2,8,11-12H2,1H3,(H,21,22,24). The number of ether oxygens (including phenoxy) is 1. The minimum atomic E-state index is 0.377. The highest BCUT2D eigenvalue weighted by Crippen LogP contribution is 2.23. The summed E-state index contributed by atoms with van der Waals surface area (Å²) in [6.45, 7) is 3.84. The molecule has 3 rings (SSSR count). The van der Waals surface area contributed by atoms with Gasteiger partial charge >= 0.3 is 0 Å². The molecule has 0 atom stereocenters. The molecule has 0 bridgehead atoms. The van der Waals surface area contributed by atoms with Crippen LogP contribution in [0.15, 0.2) is 42.5 Å². The average Bonchev–Trinajstić information content (AvgIpc) is 3.07. The van der Waals surface area contributed by atoms with Crippen LogP contribution in [-0.2, 0) is 19.7 Å². The van der Waals surface area contributed by atoms with Gasteiger partial charge in [-0.15, -0.1) is 0 Å². The quantitative estimate of drug-likeness (QED) is 0.608. The number of halogens is 2. The van der Waals surface area contributed by atoms with E-state index in [1.165, 1.54) is 0 Å². The van der Waals surface area contributed by atoms with E-state index in [0.29, 0.717) is 29.1 Å². The van der Waals surface area contributed by atoms with Gasteiger partial charge in [0, 0.05) is 28.7 Å². The fourth-order valence-corrected chi connectivity index (χ4v) is 2.88. The average molecular weight is 392 g/mol. The van der Waals surface area contributed by atoms with E-state index < -0.39 is 0 Å². The van der Waals surface area contributed by atoms with Gasteiger partial charge in [-0.25, -0.2) is 4.68 Å². The second-order valence-corrected chi connectivity index (χ2v) is 6.59. The summed E-state index contributed by atoms with van der Waals surface area (Å²) in [5.74, 6) is 1.43. The molecule has 0 spiro atoms. The molecule has 0 aliphatic rings. The number of nitrogens with zero attached hydrogens (tertiary/aromatic N) is 4. The van der Waals surface area contributed by atoms with E-state index in [1.807, 2.05) is 30.3 Å². The fourth-order valence-electron chi connectivity index (χ4n) is 2.42. The second-order valence-electron chi connectivity index (χ2n) is 5.75. The molecule has 26 heavy (non-hydrogen) atoms. The topological polar surface area (TPSA) is 64.9 Å². The number of tetrazole rings is 1. The van der Waals surface area contributed by atoms with Crippen molar-refractivity contribution in [2.75, 3.05) is 5.32 Å². The monoisotopic (exact) mass is 391 g/mol. The van der Waals surface area contributed by atoms with Crippen LogP contribution in [0.3, 0.4) is 0 Å². The molecule has 3 aromatic rings.